The van der Waals surface area contributed by atoms with Crippen LogP contribution in [0.3, 0.4) is 0 Å². The number of benzene rings is 2. The van der Waals surface area contributed by atoms with E-state index in [0.29, 0.717) is 62.0 Å². The lowest BCUT2D eigenvalue weighted by Crippen LogP contribution is -2.83. The lowest BCUT2D eigenvalue weighted by atomic mass is 9.44. The van der Waals surface area contributed by atoms with Gasteiger partial charge in [-0.1, -0.05) is 44.5 Å². The van der Waals surface area contributed by atoms with Crippen molar-refractivity contribution in [1.82, 2.24) is 4.90 Å². The first kappa shape index (κ1) is 35.2. The normalized spacial score (nSPS) is 41.7. The summed E-state index contributed by atoms with van der Waals surface area (Å²) in [7, 11) is 5.07. The van der Waals surface area contributed by atoms with E-state index in [4.69, 9.17) is 18.9 Å². The summed E-state index contributed by atoms with van der Waals surface area (Å²) in [5, 5.41) is 28.9. The first-order chi connectivity index (χ1) is 24.6. The van der Waals surface area contributed by atoms with E-state index in [-0.39, 0.29) is 47.8 Å². The Morgan fingerprint density at radius 1 is 0.961 bits per heavy atom. The molecule has 10 heteroatoms. The van der Waals surface area contributed by atoms with Crippen molar-refractivity contribution < 1.29 is 38.7 Å². The fourth-order valence-corrected chi connectivity index (χ4v) is 12.8. The van der Waals surface area contributed by atoms with Crippen LogP contribution in [0, 0.1) is 29.1 Å². The Hall–Kier alpha value is -2.86. The Kier molecular flexibility index (Phi) is 8.71. The standard InChI is InChI=1S/C41H54N2O8/c1-6-8-11-24-14-16-25(17-15-24)36(44)42-29-13-10-9-12-26(29)37(45)51-38-19-18-33(49-4)40-31(38)21-28(34(40)43(7-2)23-38)39(46)22-30(48-3)27-20-32(40)41(39,47)35(27)50-5/h9-10,12-17,27-28,30-35,46-47H,6-8,11,18-23H2,1-5H3,(H,42,44)/t27-,28+,30+,31-,32+,33+,34?,35+,38-,39+,40+,41+/m1/s1. The maximum Gasteiger partial charge on any atom is 0.340 e. The number of hydrogen-bond acceptors (Lipinski definition) is 9. The van der Waals surface area contributed by atoms with Crippen LogP contribution in [0.1, 0.15) is 85.1 Å². The summed E-state index contributed by atoms with van der Waals surface area (Å²) in [5.41, 5.74) is -2.00. The second-order valence-electron chi connectivity index (χ2n) is 16.3. The van der Waals surface area contributed by atoms with E-state index in [9.17, 15) is 19.8 Å². The zero-order valence-electron chi connectivity index (χ0n) is 30.6. The van der Waals surface area contributed by atoms with E-state index in [1.807, 2.05) is 24.3 Å². The molecule has 12 atom stereocenters. The second kappa shape index (κ2) is 12.6. The molecule has 3 N–H and O–H groups in total. The average molecular weight is 703 g/mol. The molecule has 5 saturated carbocycles. The molecule has 276 valence electrons. The molecule has 1 heterocycles. The van der Waals surface area contributed by atoms with Gasteiger partial charge in [0.25, 0.3) is 5.91 Å². The van der Waals surface area contributed by atoms with E-state index in [1.54, 1.807) is 45.6 Å². The van der Waals surface area contributed by atoms with Crippen LogP contribution < -0.4 is 5.32 Å². The molecule has 1 amide bonds. The molecule has 8 rings (SSSR count). The number of ether oxygens (including phenoxy) is 4. The zero-order chi connectivity index (χ0) is 35.9. The summed E-state index contributed by atoms with van der Waals surface area (Å²) in [4.78, 5) is 30.3. The van der Waals surface area contributed by atoms with Gasteiger partial charge >= 0.3 is 5.97 Å². The SMILES string of the molecule is CCCCc1ccc(C(=O)Nc2ccccc2C(=O)O[C@@]23CC[C@H](OC)[C@]45C([C@H](C[C@H]24)[C@@]2(O)C[C@H](OC)[C@H]4C[C@@H]5[C@]2(O)[C@H]4OC)N(CC)C3)cc1. The number of esters is 1. The molecule has 5 aliphatic carbocycles. The minimum Gasteiger partial charge on any atom is -0.454 e. The molecule has 0 radical (unpaired) electrons. The number of piperidine rings is 1. The quantitative estimate of drug-likeness (QED) is 0.282. The smallest absolute Gasteiger partial charge is 0.340 e. The van der Waals surface area contributed by atoms with Gasteiger partial charge in [0.15, 0.2) is 0 Å². The topological polar surface area (TPSA) is 127 Å². The highest BCUT2D eigenvalue weighted by Crippen LogP contribution is 2.79. The van der Waals surface area contributed by atoms with Crippen molar-refractivity contribution in [1.29, 1.82) is 0 Å². The van der Waals surface area contributed by atoms with Gasteiger partial charge in [-0.25, -0.2) is 4.79 Å². The summed E-state index contributed by atoms with van der Waals surface area (Å²) in [6.45, 7) is 5.51. The predicted molar refractivity (Wildman–Crippen MR) is 190 cm³/mol. The number of hydrogen-bond donors (Lipinski definition) is 3. The maximum absolute atomic E-state index is 14.5. The van der Waals surface area contributed by atoms with Crippen LogP contribution in [-0.4, -0.2) is 103 Å². The highest BCUT2D eigenvalue weighted by Gasteiger charge is 2.89. The third kappa shape index (κ3) is 4.62. The van der Waals surface area contributed by atoms with Crippen LogP contribution in [0.15, 0.2) is 48.5 Å². The molecule has 1 aliphatic heterocycles. The van der Waals surface area contributed by atoms with E-state index >= 15 is 0 Å². The van der Waals surface area contributed by atoms with Gasteiger partial charge in [0, 0.05) is 75.0 Å². The number of amides is 1. The van der Waals surface area contributed by atoms with Crippen molar-refractivity contribution in [2.75, 3.05) is 39.7 Å². The number of para-hydroxylation sites is 1. The third-order valence-corrected chi connectivity index (χ3v) is 14.6. The van der Waals surface area contributed by atoms with Crippen LogP contribution >= 0.6 is 0 Å². The van der Waals surface area contributed by atoms with Gasteiger partial charge in [0.2, 0.25) is 0 Å². The number of nitrogens with one attached hydrogen (secondary N) is 1. The number of likely N-dealkylation sites (tertiary alicyclic amines) is 1. The summed E-state index contributed by atoms with van der Waals surface area (Å²) in [6, 6.07) is 14.6. The van der Waals surface area contributed by atoms with Crippen LogP contribution in [0.4, 0.5) is 5.69 Å². The first-order valence-electron chi connectivity index (χ1n) is 19.1. The molecule has 0 aromatic heterocycles. The van der Waals surface area contributed by atoms with E-state index in [0.717, 1.165) is 19.3 Å². The van der Waals surface area contributed by atoms with Crippen LogP contribution in [0.25, 0.3) is 0 Å². The van der Waals surface area contributed by atoms with Gasteiger partial charge < -0.3 is 34.5 Å². The van der Waals surface area contributed by atoms with Gasteiger partial charge in [-0.15, -0.1) is 0 Å². The number of nitrogens with zero attached hydrogens (tertiary/aromatic N) is 1. The highest BCUT2D eigenvalue weighted by molar-refractivity contribution is 6.08. The van der Waals surface area contributed by atoms with Crippen molar-refractivity contribution in [3.05, 3.63) is 65.2 Å². The summed E-state index contributed by atoms with van der Waals surface area (Å²) >= 11 is 0. The van der Waals surface area contributed by atoms with Gasteiger partial charge in [0.05, 0.1) is 29.6 Å². The second-order valence-corrected chi connectivity index (χ2v) is 16.3. The summed E-state index contributed by atoms with van der Waals surface area (Å²) in [5.74, 6) is -1.66. The Balaban J connectivity index is 1.15. The molecular formula is C41H54N2O8. The Morgan fingerprint density at radius 2 is 1.73 bits per heavy atom. The van der Waals surface area contributed by atoms with E-state index in [2.05, 4.69) is 24.1 Å². The molecule has 6 aliphatic rings. The third-order valence-electron chi connectivity index (χ3n) is 14.6. The molecule has 2 aromatic carbocycles. The van der Waals surface area contributed by atoms with Gasteiger partial charge in [-0.05, 0) is 74.9 Å². The number of aliphatic hydroxyl groups is 2. The van der Waals surface area contributed by atoms with E-state index < -0.39 is 34.3 Å². The lowest BCUT2D eigenvalue weighted by Gasteiger charge is -2.70. The molecule has 10 nitrogen and oxygen atoms in total. The fraction of sp³-hybridized carbons (Fsp3) is 0.659. The van der Waals surface area contributed by atoms with Crippen molar-refractivity contribution in [2.24, 2.45) is 29.1 Å². The van der Waals surface area contributed by atoms with Gasteiger partial charge in [-0.3, -0.25) is 9.69 Å². The molecular weight excluding hydrogens is 648 g/mol. The Morgan fingerprint density at radius 3 is 2.41 bits per heavy atom. The number of fused-ring (bicyclic) bond motifs is 2. The number of anilines is 1. The average Bonchev–Trinajstić information content (AvgIpc) is 3.57. The predicted octanol–water partition coefficient (Wildman–Crippen LogP) is 4.86. The van der Waals surface area contributed by atoms with Crippen molar-refractivity contribution in [3.63, 3.8) is 0 Å². The Bertz CT molecular complexity index is 1670. The largest absolute Gasteiger partial charge is 0.454 e. The number of rotatable bonds is 11. The van der Waals surface area contributed by atoms with Crippen LogP contribution in [0.5, 0.6) is 0 Å². The van der Waals surface area contributed by atoms with E-state index in [1.165, 1.54) is 5.56 Å². The van der Waals surface area contributed by atoms with Crippen molar-refractivity contribution in [3.8, 4) is 0 Å². The number of unbranched alkanes of at least 4 members (excludes halogenated alkanes) is 1. The molecule has 6 fully saturated rings. The number of methoxy groups -OCH3 is 3. The number of carbonyl (C=O) groups is 2. The first-order valence-corrected chi connectivity index (χ1v) is 19.1. The maximum atomic E-state index is 14.5. The minimum atomic E-state index is -1.50. The number of carbonyl (C=O) groups excluding carboxylic acids is 2. The number of aryl methyl sites for hydroxylation is 1. The zero-order valence-corrected chi connectivity index (χ0v) is 30.6. The molecule has 7 bridgehead atoms. The van der Waals surface area contributed by atoms with Crippen molar-refractivity contribution >= 4 is 17.6 Å². The Labute approximate surface area is 301 Å². The summed E-state index contributed by atoms with van der Waals surface area (Å²) < 4.78 is 25.4. The molecule has 1 saturated heterocycles. The summed E-state index contributed by atoms with van der Waals surface area (Å²) in [6.07, 6.45) is 4.97. The van der Waals surface area contributed by atoms with Gasteiger partial charge in [0.1, 0.15) is 16.8 Å². The monoisotopic (exact) mass is 702 g/mol. The molecule has 1 spiro atoms. The van der Waals surface area contributed by atoms with Crippen molar-refractivity contribution in [2.45, 2.75) is 106 Å². The molecule has 51 heavy (non-hydrogen) atoms. The highest BCUT2D eigenvalue weighted by atomic mass is 16.6. The molecule has 1 unspecified atom stereocenters. The minimum absolute atomic E-state index is 0.0633. The number of likely N-dealkylation sites (N-methyl/N-ethyl adjacent to an activating group) is 1. The lowest BCUT2D eigenvalue weighted by molar-refractivity contribution is -0.337. The van der Waals surface area contributed by atoms with Crippen LogP contribution in [0.2, 0.25) is 0 Å². The fourth-order valence-electron chi connectivity index (χ4n) is 12.8. The van der Waals surface area contributed by atoms with Gasteiger partial charge in [-0.2, -0.15) is 0 Å². The van der Waals surface area contributed by atoms with Crippen LogP contribution in [-0.2, 0) is 25.4 Å². The molecule has 2 aromatic rings.